The minimum atomic E-state index is 1.16. The van der Waals surface area contributed by atoms with Crippen LogP contribution in [0.15, 0.2) is 182 Å². The summed E-state index contributed by atoms with van der Waals surface area (Å²) in [6.45, 7) is 4.49. The van der Waals surface area contributed by atoms with Gasteiger partial charge in [0.1, 0.15) is 0 Å². The lowest BCUT2D eigenvalue weighted by Gasteiger charge is -2.24. The molecular formula is C48H36N2. The number of rotatable bonds is 6. The number of para-hydroxylation sites is 4. The van der Waals surface area contributed by atoms with Crippen LogP contribution in [0, 0.1) is 0 Å². The van der Waals surface area contributed by atoms with Crippen LogP contribution in [0.1, 0.15) is 25.0 Å². The molecule has 0 bridgehead atoms. The molecule has 0 atom stereocenters. The summed E-state index contributed by atoms with van der Waals surface area (Å²) in [6, 6.07) is 63.7. The van der Waals surface area contributed by atoms with Gasteiger partial charge in [0.25, 0.3) is 0 Å². The third-order valence-electron chi connectivity index (χ3n) is 10.1. The van der Waals surface area contributed by atoms with Gasteiger partial charge >= 0.3 is 0 Å². The summed E-state index contributed by atoms with van der Waals surface area (Å²) in [5.74, 6) is 0. The monoisotopic (exact) mass is 640 g/mol. The van der Waals surface area contributed by atoms with Gasteiger partial charge in [0.05, 0.1) is 33.5 Å². The van der Waals surface area contributed by atoms with Crippen LogP contribution in [0.2, 0.25) is 0 Å². The molecule has 0 aliphatic heterocycles. The normalized spacial score (nSPS) is 12.6. The maximum atomic E-state index is 2.50. The summed E-state index contributed by atoms with van der Waals surface area (Å²) in [6.07, 6.45) is 2.28. The number of hydrogen-bond acceptors (Lipinski definition) is 0. The molecule has 0 N–H and O–H groups in total. The van der Waals surface area contributed by atoms with Crippen molar-refractivity contribution < 1.29 is 0 Å². The molecule has 0 amide bonds. The largest absolute Gasteiger partial charge is 0.309 e. The van der Waals surface area contributed by atoms with Crippen molar-refractivity contribution in [3.63, 3.8) is 0 Å². The van der Waals surface area contributed by atoms with Gasteiger partial charge < -0.3 is 9.13 Å². The first kappa shape index (κ1) is 29.7. The molecule has 9 rings (SSSR count). The van der Waals surface area contributed by atoms with Crippen LogP contribution in [0.3, 0.4) is 0 Å². The van der Waals surface area contributed by atoms with E-state index in [1.54, 1.807) is 0 Å². The van der Waals surface area contributed by atoms with Crippen LogP contribution < -0.4 is 0 Å². The molecule has 0 radical (unpaired) electrons. The van der Waals surface area contributed by atoms with E-state index in [0.717, 1.165) is 5.69 Å². The number of aromatic nitrogens is 2. The van der Waals surface area contributed by atoms with E-state index in [9.17, 15) is 0 Å². The smallest absolute Gasteiger partial charge is 0.0573 e. The fraction of sp³-hybridized carbons (Fsp3) is 0.0417. The molecule has 0 unspecified atom stereocenters. The van der Waals surface area contributed by atoms with Gasteiger partial charge in [-0.15, -0.1) is 0 Å². The fourth-order valence-electron chi connectivity index (χ4n) is 7.99. The third kappa shape index (κ3) is 4.64. The van der Waals surface area contributed by atoms with E-state index in [2.05, 4.69) is 205 Å². The molecule has 0 saturated heterocycles. The standard InChI is InChI=1S/C48H36N2/c1-3-36(34-19-6-4-7-20-34)48(50-44-30-16-12-25-40(44)41-26-13-17-31-45(41)50)33(2)47-37(35-21-8-5-9-22-35)27-18-32-46(47)49-42-28-14-10-23-38(42)39-24-11-15-29-43(39)49/h3-32H,1-2H3/b36-3-,48-33-. The molecule has 2 heteroatoms. The molecule has 0 saturated carbocycles. The second-order valence-corrected chi connectivity index (χ2v) is 12.8. The summed E-state index contributed by atoms with van der Waals surface area (Å²) in [7, 11) is 0. The Morgan fingerprint density at radius 3 is 1.46 bits per heavy atom. The van der Waals surface area contributed by atoms with E-state index < -0.39 is 0 Å². The molecule has 7 aromatic carbocycles. The molecule has 0 fully saturated rings. The van der Waals surface area contributed by atoms with Crippen molar-refractivity contribution in [1.29, 1.82) is 0 Å². The van der Waals surface area contributed by atoms with E-state index in [1.165, 1.54) is 82.7 Å². The first-order valence-electron chi connectivity index (χ1n) is 17.3. The molecular weight excluding hydrogens is 605 g/mol. The van der Waals surface area contributed by atoms with Crippen LogP contribution in [-0.2, 0) is 0 Å². The first-order valence-corrected chi connectivity index (χ1v) is 17.3. The second kappa shape index (κ2) is 12.3. The zero-order valence-corrected chi connectivity index (χ0v) is 28.2. The zero-order valence-electron chi connectivity index (χ0n) is 28.2. The Kier molecular flexibility index (Phi) is 7.29. The van der Waals surface area contributed by atoms with E-state index in [0.29, 0.717) is 0 Å². The lowest BCUT2D eigenvalue weighted by atomic mass is 9.89. The first-order chi connectivity index (χ1) is 24.7. The summed E-state index contributed by atoms with van der Waals surface area (Å²) in [5, 5.41) is 5.00. The minimum absolute atomic E-state index is 1.16. The number of benzene rings is 7. The number of fused-ring (bicyclic) bond motifs is 6. The highest BCUT2D eigenvalue weighted by Gasteiger charge is 2.25. The molecule has 2 heterocycles. The molecule has 0 aliphatic rings. The highest BCUT2D eigenvalue weighted by Crippen LogP contribution is 2.45. The topological polar surface area (TPSA) is 9.86 Å². The molecule has 50 heavy (non-hydrogen) atoms. The zero-order chi connectivity index (χ0) is 33.6. The summed E-state index contributed by atoms with van der Waals surface area (Å²) in [4.78, 5) is 0. The minimum Gasteiger partial charge on any atom is -0.309 e. The van der Waals surface area contributed by atoms with Crippen molar-refractivity contribution in [2.24, 2.45) is 0 Å². The molecule has 2 nitrogen and oxygen atoms in total. The second-order valence-electron chi connectivity index (χ2n) is 12.8. The van der Waals surface area contributed by atoms with Gasteiger partial charge in [-0.25, -0.2) is 0 Å². The van der Waals surface area contributed by atoms with E-state index in [4.69, 9.17) is 0 Å². The Labute approximate surface area is 292 Å². The maximum absolute atomic E-state index is 2.50. The van der Waals surface area contributed by atoms with E-state index in [-0.39, 0.29) is 0 Å². The predicted octanol–water partition coefficient (Wildman–Crippen LogP) is 13.1. The molecule has 9 aromatic rings. The van der Waals surface area contributed by atoms with Gasteiger partial charge in [-0.3, -0.25) is 0 Å². The average molecular weight is 641 g/mol. The highest BCUT2D eigenvalue weighted by atomic mass is 15.0. The SMILES string of the molecule is C/C=C(\C(=C(/C)c1c(-c2ccccc2)cccc1-n1c2ccccc2c2ccccc21)n1c2ccccc2c2ccccc21)c1ccccc1. The quantitative estimate of drug-likeness (QED) is 0.160. The van der Waals surface area contributed by atoms with Crippen molar-refractivity contribution in [2.45, 2.75) is 13.8 Å². The molecule has 2 aromatic heterocycles. The van der Waals surface area contributed by atoms with Gasteiger partial charge in [0.15, 0.2) is 0 Å². The van der Waals surface area contributed by atoms with Crippen molar-refractivity contribution in [1.82, 2.24) is 9.13 Å². The van der Waals surface area contributed by atoms with Crippen LogP contribution in [0.5, 0.6) is 0 Å². The Morgan fingerprint density at radius 2 is 0.920 bits per heavy atom. The maximum Gasteiger partial charge on any atom is 0.0573 e. The van der Waals surface area contributed by atoms with Crippen molar-refractivity contribution >= 4 is 60.5 Å². The summed E-state index contributed by atoms with van der Waals surface area (Å²) in [5.41, 5.74) is 14.3. The molecule has 238 valence electrons. The fourth-order valence-corrected chi connectivity index (χ4v) is 7.99. The van der Waals surface area contributed by atoms with Gasteiger partial charge in [0.2, 0.25) is 0 Å². The van der Waals surface area contributed by atoms with Gasteiger partial charge in [-0.05, 0) is 66.4 Å². The molecule has 0 aliphatic carbocycles. The van der Waals surface area contributed by atoms with Crippen LogP contribution in [-0.4, -0.2) is 9.13 Å². The van der Waals surface area contributed by atoms with E-state index in [1.807, 2.05) is 0 Å². The van der Waals surface area contributed by atoms with Crippen LogP contribution >= 0.6 is 0 Å². The number of hydrogen-bond donors (Lipinski definition) is 0. The predicted molar refractivity (Wildman–Crippen MR) is 215 cm³/mol. The Morgan fingerprint density at radius 1 is 0.460 bits per heavy atom. The Hall–Kier alpha value is -6.38. The lowest BCUT2D eigenvalue weighted by molar-refractivity contribution is 1.16. The van der Waals surface area contributed by atoms with Gasteiger partial charge in [-0.2, -0.15) is 0 Å². The number of nitrogens with zero attached hydrogens (tertiary/aromatic N) is 2. The van der Waals surface area contributed by atoms with E-state index >= 15 is 0 Å². The van der Waals surface area contributed by atoms with Crippen LogP contribution in [0.25, 0.3) is 77.3 Å². The summed E-state index contributed by atoms with van der Waals surface area (Å²) >= 11 is 0. The molecule has 0 spiro atoms. The highest BCUT2D eigenvalue weighted by molar-refractivity contribution is 6.19. The Bertz CT molecular complexity index is 2650. The van der Waals surface area contributed by atoms with Crippen LogP contribution in [0.4, 0.5) is 0 Å². The number of allylic oxidation sites excluding steroid dienone is 4. The average Bonchev–Trinajstić information content (AvgIpc) is 3.70. The van der Waals surface area contributed by atoms with Crippen molar-refractivity contribution in [3.05, 3.63) is 193 Å². The Balaban J connectivity index is 1.49. The van der Waals surface area contributed by atoms with Gasteiger partial charge in [0, 0.05) is 32.7 Å². The third-order valence-corrected chi connectivity index (χ3v) is 10.1. The van der Waals surface area contributed by atoms with Gasteiger partial charge in [-0.1, -0.05) is 152 Å². The summed E-state index contributed by atoms with van der Waals surface area (Å²) < 4.78 is 4.97. The van der Waals surface area contributed by atoms with Crippen molar-refractivity contribution in [2.75, 3.05) is 0 Å². The lowest BCUT2D eigenvalue weighted by Crippen LogP contribution is -2.07. The van der Waals surface area contributed by atoms with Crippen molar-refractivity contribution in [3.8, 4) is 16.8 Å².